The average Bonchev–Trinajstić information content (AvgIpc) is 3.51. The lowest BCUT2D eigenvalue weighted by Gasteiger charge is -2.11. The van der Waals surface area contributed by atoms with Gasteiger partial charge in [-0.15, -0.1) is 11.3 Å². The molecule has 222 valence electrons. The molecule has 2 amide bonds. The van der Waals surface area contributed by atoms with Gasteiger partial charge in [0.15, 0.2) is 23.2 Å². The van der Waals surface area contributed by atoms with Crippen molar-refractivity contribution in [2.75, 3.05) is 24.4 Å². The lowest BCUT2D eigenvalue weighted by atomic mass is 10.1. The van der Waals surface area contributed by atoms with E-state index < -0.39 is 0 Å². The minimum Gasteiger partial charge on any atom is -0.493 e. The van der Waals surface area contributed by atoms with Crippen LogP contribution in [0.5, 0.6) is 11.5 Å². The van der Waals surface area contributed by atoms with E-state index in [1.807, 2.05) is 73.0 Å². The predicted octanol–water partition coefficient (Wildman–Crippen LogP) is 7.31. The molecule has 3 N–H and O–H groups in total. The molecule has 4 aromatic carbocycles. The van der Waals surface area contributed by atoms with Crippen LogP contribution < -0.4 is 25.5 Å². The maximum absolute atomic E-state index is 12.6. The monoisotopic (exact) mass is 625 g/mol. The van der Waals surface area contributed by atoms with E-state index in [1.165, 1.54) is 24.7 Å². The van der Waals surface area contributed by atoms with Gasteiger partial charge in [-0.1, -0.05) is 41.4 Å². The summed E-state index contributed by atoms with van der Waals surface area (Å²) in [6.07, 6.45) is 1.49. The molecule has 0 aliphatic carbocycles. The largest absolute Gasteiger partial charge is 0.493 e. The van der Waals surface area contributed by atoms with Gasteiger partial charge in [-0.3, -0.25) is 9.59 Å². The third-order valence-electron chi connectivity index (χ3n) is 6.30. The molecular weight excluding hydrogens is 598 g/mol. The van der Waals surface area contributed by atoms with Crippen molar-refractivity contribution < 1.29 is 19.1 Å². The first-order valence-corrected chi connectivity index (χ1v) is 14.7. The van der Waals surface area contributed by atoms with E-state index in [1.54, 1.807) is 30.3 Å². The van der Waals surface area contributed by atoms with E-state index in [0.717, 1.165) is 27.6 Å². The number of carbonyl (C=O) groups excluding carboxylic acids is 2. The number of hydrogen-bond acceptors (Lipinski definition) is 8. The van der Waals surface area contributed by atoms with Crippen molar-refractivity contribution >= 4 is 57.5 Å². The molecule has 0 radical (unpaired) electrons. The zero-order valence-electron chi connectivity index (χ0n) is 23.8. The molecule has 9 nitrogen and oxygen atoms in total. The predicted molar refractivity (Wildman–Crippen MR) is 176 cm³/mol. The number of nitrogens with one attached hydrogen (secondary N) is 3. The molecule has 0 aliphatic rings. The standard InChI is InChI=1S/C33H28ClN5O4S/c1-21-3-12-26(13-4-21)36-31(40)19-43-29-16-5-22(17-30(29)42-2)18-35-39-32(41)24-8-6-23(7-9-24)28-20-44-33(38-28)37-27-14-10-25(34)11-15-27/h3-18,20H,19H2,1-2H3,(H,36,40)(H,37,38)(H,39,41)/b35-18-. The summed E-state index contributed by atoms with van der Waals surface area (Å²) in [4.78, 5) is 29.5. The number of anilines is 3. The van der Waals surface area contributed by atoms with Gasteiger partial charge >= 0.3 is 0 Å². The molecule has 0 bridgehead atoms. The Bertz CT molecular complexity index is 1770. The number of hydrogen-bond donors (Lipinski definition) is 3. The number of methoxy groups -OCH3 is 1. The van der Waals surface area contributed by atoms with Crippen LogP contribution in [0.3, 0.4) is 0 Å². The molecule has 1 aromatic heterocycles. The van der Waals surface area contributed by atoms with Gasteiger partial charge in [-0.05, 0) is 79.2 Å². The third kappa shape index (κ3) is 8.21. The molecule has 1 heterocycles. The van der Waals surface area contributed by atoms with Crippen LogP contribution >= 0.6 is 22.9 Å². The molecule has 0 aliphatic heterocycles. The number of thiazole rings is 1. The van der Waals surface area contributed by atoms with Crippen LogP contribution in [0.15, 0.2) is 101 Å². The van der Waals surface area contributed by atoms with Crippen molar-refractivity contribution in [3.8, 4) is 22.8 Å². The van der Waals surface area contributed by atoms with Gasteiger partial charge in [0, 0.05) is 32.9 Å². The summed E-state index contributed by atoms with van der Waals surface area (Å²) in [5.41, 5.74) is 8.02. The lowest BCUT2D eigenvalue weighted by Crippen LogP contribution is -2.20. The van der Waals surface area contributed by atoms with Gasteiger partial charge in [-0.2, -0.15) is 5.10 Å². The number of carbonyl (C=O) groups is 2. The summed E-state index contributed by atoms with van der Waals surface area (Å²) in [6, 6.07) is 27.1. The Hall–Kier alpha value is -5.19. The SMILES string of the molecule is COc1cc(/C=N\NC(=O)c2ccc(-c3csc(Nc4ccc(Cl)cc4)n3)cc2)ccc1OCC(=O)Nc1ccc(C)cc1. The molecule has 0 unspecified atom stereocenters. The number of aryl methyl sites for hydroxylation is 1. The fraction of sp³-hybridized carbons (Fsp3) is 0.0909. The summed E-state index contributed by atoms with van der Waals surface area (Å²) >= 11 is 7.43. The normalized spacial score (nSPS) is 10.8. The molecule has 11 heteroatoms. The van der Waals surface area contributed by atoms with Crippen molar-refractivity contribution in [1.29, 1.82) is 0 Å². The Labute approximate surface area is 263 Å². The first-order chi connectivity index (χ1) is 21.4. The number of rotatable bonds is 11. The second-order valence-electron chi connectivity index (χ2n) is 9.56. The van der Waals surface area contributed by atoms with Crippen molar-refractivity contribution in [2.45, 2.75) is 6.92 Å². The highest BCUT2D eigenvalue weighted by molar-refractivity contribution is 7.14. The van der Waals surface area contributed by atoms with Crippen LogP contribution in [0.1, 0.15) is 21.5 Å². The van der Waals surface area contributed by atoms with Gasteiger partial charge in [0.1, 0.15) is 0 Å². The molecular formula is C33H28ClN5O4S. The maximum atomic E-state index is 12.6. The number of benzene rings is 4. The van der Waals surface area contributed by atoms with E-state index in [-0.39, 0.29) is 18.4 Å². The van der Waals surface area contributed by atoms with Crippen LogP contribution in [0.25, 0.3) is 11.3 Å². The Morgan fingerprint density at radius 2 is 1.66 bits per heavy atom. The van der Waals surface area contributed by atoms with E-state index in [9.17, 15) is 9.59 Å². The topological polar surface area (TPSA) is 114 Å². The summed E-state index contributed by atoms with van der Waals surface area (Å²) in [7, 11) is 1.50. The second-order valence-corrected chi connectivity index (χ2v) is 10.9. The van der Waals surface area contributed by atoms with Crippen molar-refractivity contribution in [3.63, 3.8) is 0 Å². The minimum absolute atomic E-state index is 0.184. The minimum atomic E-state index is -0.359. The Balaban J connectivity index is 1.12. The number of hydrazone groups is 1. The summed E-state index contributed by atoms with van der Waals surface area (Å²) in [5.74, 6) is 0.177. The molecule has 44 heavy (non-hydrogen) atoms. The van der Waals surface area contributed by atoms with Gasteiger partial charge in [0.05, 0.1) is 19.0 Å². The number of halogens is 1. The lowest BCUT2D eigenvalue weighted by molar-refractivity contribution is -0.118. The fourth-order valence-corrected chi connectivity index (χ4v) is 4.87. The summed E-state index contributed by atoms with van der Waals surface area (Å²) in [6.45, 7) is 1.79. The highest BCUT2D eigenvalue weighted by Crippen LogP contribution is 2.29. The first-order valence-electron chi connectivity index (χ1n) is 13.5. The van der Waals surface area contributed by atoms with E-state index in [0.29, 0.717) is 33.3 Å². The van der Waals surface area contributed by atoms with Gasteiger partial charge in [0.25, 0.3) is 11.8 Å². The fourth-order valence-electron chi connectivity index (χ4n) is 4.00. The Morgan fingerprint density at radius 1 is 0.932 bits per heavy atom. The van der Waals surface area contributed by atoms with Crippen LogP contribution in [0.4, 0.5) is 16.5 Å². The molecule has 0 saturated heterocycles. The first kappa shape index (κ1) is 30.3. The van der Waals surface area contributed by atoms with Gasteiger partial charge < -0.3 is 20.1 Å². The van der Waals surface area contributed by atoms with E-state index in [2.05, 4.69) is 26.1 Å². The summed E-state index contributed by atoms with van der Waals surface area (Å²) < 4.78 is 11.1. The van der Waals surface area contributed by atoms with Crippen molar-refractivity contribution in [3.05, 3.63) is 118 Å². The average molecular weight is 626 g/mol. The highest BCUT2D eigenvalue weighted by Gasteiger charge is 2.10. The quantitative estimate of drug-likeness (QED) is 0.105. The molecule has 0 fully saturated rings. The Kier molecular flexibility index (Phi) is 9.85. The zero-order chi connectivity index (χ0) is 30.9. The third-order valence-corrected chi connectivity index (χ3v) is 7.31. The smallest absolute Gasteiger partial charge is 0.271 e. The number of nitrogens with zero attached hydrogens (tertiary/aromatic N) is 2. The summed E-state index contributed by atoms with van der Waals surface area (Å²) in [5, 5.41) is 13.5. The van der Waals surface area contributed by atoms with Gasteiger partial charge in [-0.25, -0.2) is 10.4 Å². The van der Waals surface area contributed by atoms with E-state index >= 15 is 0 Å². The van der Waals surface area contributed by atoms with Crippen molar-refractivity contribution in [1.82, 2.24) is 10.4 Å². The van der Waals surface area contributed by atoms with Crippen LogP contribution in [0.2, 0.25) is 5.02 Å². The number of aromatic nitrogens is 1. The van der Waals surface area contributed by atoms with Crippen LogP contribution in [-0.4, -0.2) is 36.7 Å². The molecule has 0 saturated carbocycles. The van der Waals surface area contributed by atoms with Crippen molar-refractivity contribution in [2.24, 2.45) is 5.10 Å². The second kappa shape index (κ2) is 14.3. The zero-order valence-corrected chi connectivity index (χ0v) is 25.4. The highest BCUT2D eigenvalue weighted by atomic mass is 35.5. The van der Waals surface area contributed by atoms with Gasteiger partial charge in [0.2, 0.25) is 0 Å². The molecule has 5 aromatic rings. The van der Waals surface area contributed by atoms with E-state index in [4.69, 9.17) is 21.1 Å². The van der Waals surface area contributed by atoms with Crippen LogP contribution in [0, 0.1) is 6.92 Å². The molecule has 0 spiro atoms. The van der Waals surface area contributed by atoms with Crippen LogP contribution in [-0.2, 0) is 4.79 Å². The maximum Gasteiger partial charge on any atom is 0.271 e. The molecule has 5 rings (SSSR count). The number of amides is 2. The number of ether oxygens (including phenoxy) is 2. The molecule has 0 atom stereocenters. The Morgan fingerprint density at radius 3 is 2.39 bits per heavy atom.